The molecule has 2 aromatic rings. The fraction of sp³-hybridized carbons (Fsp3) is 0.231. The minimum atomic E-state index is -0.982. The molecule has 0 aliphatic heterocycles. The number of aromatic nitrogens is 1. The Labute approximate surface area is 93.7 Å². The van der Waals surface area contributed by atoms with Gasteiger partial charge < -0.3 is 5.11 Å². The molecule has 0 fully saturated rings. The second-order valence-electron chi connectivity index (χ2n) is 4.11. The molecule has 0 bridgehead atoms. The van der Waals surface area contributed by atoms with Crippen LogP contribution in [0, 0.1) is 20.8 Å². The van der Waals surface area contributed by atoms with E-state index in [0.29, 0.717) is 0 Å². The number of carbonyl (C=O) groups is 1. The van der Waals surface area contributed by atoms with E-state index >= 15 is 0 Å². The molecule has 0 spiro atoms. The van der Waals surface area contributed by atoms with Crippen molar-refractivity contribution >= 4 is 16.9 Å². The first-order chi connectivity index (χ1) is 7.49. The molecule has 0 saturated heterocycles. The van der Waals surface area contributed by atoms with E-state index in [9.17, 15) is 4.79 Å². The zero-order chi connectivity index (χ0) is 11.9. The molecule has 0 saturated carbocycles. The number of benzene rings is 1. The number of carboxylic acids is 1. The van der Waals surface area contributed by atoms with Gasteiger partial charge in [-0.25, -0.2) is 9.78 Å². The van der Waals surface area contributed by atoms with Crippen LogP contribution in [0.25, 0.3) is 10.9 Å². The summed E-state index contributed by atoms with van der Waals surface area (Å²) in [6.45, 7) is 5.89. The van der Waals surface area contributed by atoms with Crippen molar-refractivity contribution in [3.05, 3.63) is 40.6 Å². The van der Waals surface area contributed by atoms with Crippen molar-refractivity contribution in [2.45, 2.75) is 20.8 Å². The van der Waals surface area contributed by atoms with Gasteiger partial charge in [0.05, 0.1) is 5.52 Å². The van der Waals surface area contributed by atoms with Crippen molar-refractivity contribution in [3.63, 3.8) is 0 Å². The van der Waals surface area contributed by atoms with Gasteiger partial charge in [0.15, 0.2) is 0 Å². The SMILES string of the molecule is Cc1cc(C)c2nc(C(=O)O)cc(C)c2c1. The highest BCUT2D eigenvalue weighted by atomic mass is 16.4. The summed E-state index contributed by atoms with van der Waals surface area (Å²) in [5.41, 5.74) is 4.02. The van der Waals surface area contributed by atoms with Gasteiger partial charge in [0.25, 0.3) is 0 Å². The highest BCUT2D eigenvalue weighted by Gasteiger charge is 2.10. The van der Waals surface area contributed by atoms with Gasteiger partial charge in [0.1, 0.15) is 5.69 Å². The van der Waals surface area contributed by atoms with E-state index in [2.05, 4.69) is 4.98 Å². The minimum absolute atomic E-state index is 0.108. The van der Waals surface area contributed by atoms with Gasteiger partial charge in [0, 0.05) is 5.39 Å². The molecule has 3 nitrogen and oxygen atoms in total. The number of hydrogen-bond acceptors (Lipinski definition) is 2. The summed E-state index contributed by atoms with van der Waals surface area (Å²) in [6.07, 6.45) is 0. The van der Waals surface area contributed by atoms with E-state index in [1.165, 1.54) is 0 Å². The third-order valence-corrected chi connectivity index (χ3v) is 2.67. The summed E-state index contributed by atoms with van der Waals surface area (Å²) in [6, 6.07) is 5.67. The fourth-order valence-corrected chi connectivity index (χ4v) is 1.95. The van der Waals surface area contributed by atoms with Crippen molar-refractivity contribution in [1.82, 2.24) is 4.98 Å². The lowest BCUT2D eigenvalue weighted by molar-refractivity contribution is 0.0691. The van der Waals surface area contributed by atoms with Crippen LogP contribution in [0.2, 0.25) is 0 Å². The Morgan fingerprint density at radius 1 is 1.12 bits per heavy atom. The number of aryl methyl sites for hydroxylation is 3. The zero-order valence-electron chi connectivity index (χ0n) is 9.53. The maximum atomic E-state index is 10.9. The zero-order valence-corrected chi connectivity index (χ0v) is 9.53. The summed E-state index contributed by atoms with van der Waals surface area (Å²) >= 11 is 0. The molecular formula is C13H13NO2. The van der Waals surface area contributed by atoms with Crippen LogP contribution < -0.4 is 0 Å². The summed E-state index contributed by atoms with van der Waals surface area (Å²) in [7, 11) is 0. The third-order valence-electron chi connectivity index (χ3n) is 2.67. The number of nitrogens with zero attached hydrogens (tertiary/aromatic N) is 1. The molecular weight excluding hydrogens is 202 g/mol. The second-order valence-corrected chi connectivity index (χ2v) is 4.11. The molecule has 3 heteroatoms. The first-order valence-corrected chi connectivity index (χ1v) is 5.11. The van der Waals surface area contributed by atoms with Gasteiger partial charge >= 0.3 is 5.97 Å². The van der Waals surface area contributed by atoms with Crippen LogP contribution in [0.3, 0.4) is 0 Å². The van der Waals surface area contributed by atoms with Gasteiger partial charge in [-0.3, -0.25) is 0 Å². The topological polar surface area (TPSA) is 50.2 Å². The highest BCUT2D eigenvalue weighted by Crippen LogP contribution is 2.22. The average Bonchev–Trinajstić information content (AvgIpc) is 2.19. The van der Waals surface area contributed by atoms with Crippen LogP contribution in [0.1, 0.15) is 27.2 Å². The molecule has 1 aromatic carbocycles. The lowest BCUT2D eigenvalue weighted by Crippen LogP contribution is -2.02. The third kappa shape index (κ3) is 1.65. The minimum Gasteiger partial charge on any atom is -0.477 e. The van der Waals surface area contributed by atoms with Crippen LogP contribution in [-0.4, -0.2) is 16.1 Å². The molecule has 1 heterocycles. The molecule has 0 aliphatic carbocycles. The van der Waals surface area contributed by atoms with Crippen LogP contribution in [0.5, 0.6) is 0 Å². The smallest absolute Gasteiger partial charge is 0.354 e. The number of hydrogen-bond donors (Lipinski definition) is 1. The maximum absolute atomic E-state index is 10.9. The predicted octanol–water partition coefficient (Wildman–Crippen LogP) is 2.86. The largest absolute Gasteiger partial charge is 0.477 e. The lowest BCUT2D eigenvalue weighted by Gasteiger charge is -2.07. The number of aromatic carboxylic acids is 1. The van der Waals surface area contributed by atoms with Crippen molar-refractivity contribution in [2.24, 2.45) is 0 Å². The fourth-order valence-electron chi connectivity index (χ4n) is 1.95. The van der Waals surface area contributed by atoms with Gasteiger partial charge in [-0.2, -0.15) is 0 Å². The van der Waals surface area contributed by atoms with E-state index in [0.717, 1.165) is 27.6 Å². The quantitative estimate of drug-likeness (QED) is 0.795. The Morgan fingerprint density at radius 2 is 1.81 bits per heavy atom. The average molecular weight is 215 g/mol. The normalized spacial score (nSPS) is 10.7. The summed E-state index contributed by atoms with van der Waals surface area (Å²) in [5.74, 6) is -0.982. The standard InChI is InChI=1S/C13H13NO2/c1-7-4-9(3)12-10(5-7)8(2)6-11(14-12)13(15)16/h4-6H,1-3H3,(H,15,16). The van der Waals surface area contributed by atoms with Gasteiger partial charge in [-0.1, -0.05) is 11.6 Å². The van der Waals surface area contributed by atoms with Crippen LogP contribution in [0.15, 0.2) is 18.2 Å². The predicted molar refractivity (Wildman–Crippen MR) is 62.9 cm³/mol. The molecule has 1 aromatic heterocycles. The summed E-state index contributed by atoms with van der Waals surface area (Å²) in [4.78, 5) is 15.1. The lowest BCUT2D eigenvalue weighted by atomic mass is 10.0. The Kier molecular flexibility index (Phi) is 2.38. The Morgan fingerprint density at radius 3 is 2.44 bits per heavy atom. The number of pyridine rings is 1. The van der Waals surface area contributed by atoms with Crippen molar-refractivity contribution in [2.75, 3.05) is 0 Å². The molecule has 1 N–H and O–H groups in total. The van der Waals surface area contributed by atoms with E-state index in [4.69, 9.17) is 5.11 Å². The molecule has 0 unspecified atom stereocenters. The molecule has 82 valence electrons. The van der Waals surface area contributed by atoms with E-state index in [1.807, 2.05) is 32.9 Å². The van der Waals surface area contributed by atoms with E-state index < -0.39 is 5.97 Å². The number of carboxylic acid groups (broad SMARTS) is 1. The first kappa shape index (κ1) is 10.6. The first-order valence-electron chi connectivity index (χ1n) is 5.11. The Bertz CT molecular complexity index is 588. The summed E-state index contributed by atoms with van der Waals surface area (Å²) < 4.78 is 0. The van der Waals surface area contributed by atoms with E-state index in [1.54, 1.807) is 6.07 Å². The molecule has 16 heavy (non-hydrogen) atoms. The van der Waals surface area contributed by atoms with Gasteiger partial charge in [-0.15, -0.1) is 0 Å². The monoisotopic (exact) mass is 215 g/mol. The molecule has 0 radical (unpaired) electrons. The highest BCUT2D eigenvalue weighted by molar-refractivity contribution is 5.92. The van der Waals surface area contributed by atoms with Crippen LogP contribution in [0.4, 0.5) is 0 Å². The molecule has 2 rings (SSSR count). The van der Waals surface area contributed by atoms with Crippen molar-refractivity contribution in [3.8, 4) is 0 Å². The van der Waals surface area contributed by atoms with Crippen molar-refractivity contribution in [1.29, 1.82) is 0 Å². The number of fused-ring (bicyclic) bond motifs is 1. The Hall–Kier alpha value is -1.90. The molecule has 0 aliphatic rings. The molecule has 0 amide bonds. The Balaban J connectivity index is 2.87. The molecule has 0 atom stereocenters. The number of rotatable bonds is 1. The van der Waals surface area contributed by atoms with E-state index in [-0.39, 0.29) is 5.69 Å². The van der Waals surface area contributed by atoms with Crippen molar-refractivity contribution < 1.29 is 9.90 Å². The van der Waals surface area contributed by atoms with Gasteiger partial charge in [-0.05, 0) is 44.0 Å². The maximum Gasteiger partial charge on any atom is 0.354 e. The van der Waals surface area contributed by atoms with Crippen LogP contribution in [-0.2, 0) is 0 Å². The van der Waals surface area contributed by atoms with Gasteiger partial charge in [0.2, 0.25) is 0 Å². The van der Waals surface area contributed by atoms with Crippen LogP contribution >= 0.6 is 0 Å². The summed E-state index contributed by atoms with van der Waals surface area (Å²) in [5, 5.41) is 9.98. The second kappa shape index (κ2) is 3.59.